The van der Waals surface area contributed by atoms with E-state index < -0.39 is 5.97 Å². The van der Waals surface area contributed by atoms with E-state index in [9.17, 15) is 4.79 Å². The average Bonchev–Trinajstić information content (AvgIpc) is 2.32. The Hall–Kier alpha value is -1.52. The number of rotatable bonds is 3. The van der Waals surface area contributed by atoms with Crippen LogP contribution < -0.4 is 5.73 Å². The Morgan fingerprint density at radius 3 is 2.77 bits per heavy atom. The highest BCUT2D eigenvalue weighted by atomic mass is 16.4. The Morgan fingerprint density at radius 1 is 1.77 bits per heavy atom. The van der Waals surface area contributed by atoms with Crippen LogP contribution in [-0.2, 0) is 11.2 Å². The van der Waals surface area contributed by atoms with Gasteiger partial charge in [-0.25, -0.2) is 4.68 Å². The molecule has 13 heavy (non-hydrogen) atoms. The average molecular weight is 183 g/mol. The molecule has 0 amide bonds. The molecule has 0 saturated carbocycles. The smallest absolute Gasteiger partial charge is 0.308 e. The van der Waals surface area contributed by atoms with Gasteiger partial charge in [-0.05, 0) is 13.8 Å². The van der Waals surface area contributed by atoms with Gasteiger partial charge in [-0.2, -0.15) is 5.10 Å². The summed E-state index contributed by atoms with van der Waals surface area (Å²) in [6.45, 7) is 3.88. The predicted octanol–water partition coefficient (Wildman–Crippen LogP) is 0.673. The van der Waals surface area contributed by atoms with Crippen LogP contribution in [0.3, 0.4) is 0 Å². The van der Waals surface area contributed by atoms with Gasteiger partial charge in [0.2, 0.25) is 0 Å². The summed E-state index contributed by atoms with van der Waals surface area (Å²) in [4.78, 5) is 10.4. The van der Waals surface area contributed by atoms with E-state index in [2.05, 4.69) is 5.10 Å². The van der Waals surface area contributed by atoms with Crippen molar-refractivity contribution in [3.05, 3.63) is 11.8 Å². The number of carbonyl (C=O) groups is 1. The Bertz CT molecular complexity index is 317. The van der Waals surface area contributed by atoms with Crippen molar-refractivity contribution < 1.29 is 9.90 Å². The third kappa shape index (κ3) is 1.99. The van der Waals surface area contributed by atoms with Crippen LogP contribution in [0.1, 0.15) is 25.5 Å². The molecule has 0 aliphatic heterocycles. The van der Waals surface area contributed by atoms with Crippen molar-refractivity contribution in [3.8, 4) is 0 Å². The summed E-state index contributed by atoms with van der Waals surface area (Å²) in [5, 5.41) is 12.5. The zero-order valence-electron chi connectivity index (χ0n) is 7.69. The van der Waals surface area contributed by atoms with Crippen molar-refractivity contribution in [2.75, 3.05) is 5.73 Å². The summed E-state index contributed by atoms with van der Waals surface area (Å²) in [5.41, 5.74) is 6.26. The molecular weight excluding hydrogens is 170 g/mol. The largest absolute Gasteiger partial charge is 0.481 e. The summed E-state index contributed by atoms with van der Waals surface area (Å²) in [7, 11) is 0. The lowest BCUT2D eigenvalue weighted by Crippen LogP contribution is -2.09. The second kappa shape index (κ2) is 3.47. The van der Waals surface area contributed by atoms with E-state index in [1.54, 1.807) is 4.68 Å². The molecule has 1 aromatic rings. The third-order valence-electron chi connectivity index (χ3n) is 1.74. The molecule has 1 heterocycles. The SMILES string of the molecule is CC(C)n1ncc(CC(=O)O)c1N. The van der Waals surface area contributed by atoms with Gasteiger partial charge in [0.1, 0.15) is 5.82 Å². The molecule has 0 saturated heterocycles. The molecule has 5 heteroatoms. The molecule has 5 nitrogen and oxygen atoms in total. The van der Waals surface area contributed by atoms with Crippen molar-refractivity contribution in [3.63, 3.8) is 0 Å². The Kier molecular flexibility index (Phi) is 2.55. The number of aliphatic carboxylic acids is 1. The number of hydrogen-bond acceptors (Lipinski definition) is 3. The van der Waals surface area contributed by atoms with Crippen molar-refractivity contribution in [1.29, 1.82) is 0 Å². The van der Waals surface area contributed by atoms with Gasteiger partial charge in [0, 0.05) is 11.6 Å². The number of nitrogens with zero attached hydrogens (tertiary/aromatic N) is 2. The van der Waals surface area contributed by atoms with Crippen LogP contribution in [0.4, 0.5) is 5.82 Å². The van der Waals surface area contributed by atoms with Gasteiger partial charge in [0.15, 0.2) is 0 Å². The molecule has 0 bridgehead atoms. The van der Waals surface area contributed by atoms with E-state index >= 15 is 0 Å². The first-order chi connectivity index (χ1) is 6.02. The second-order valence-electron chi connectivity index (χ2n) is 3.16. The summed E-state index contributed by atoms with van der Waals surface area (Å²) in [5.74, 6) is -0.451. The fraction of sp³-hybridized carbons (Fsp3) is 0.500. The Balaban J connectivity index is 2.92. The molecule has 0 spiro atoms. The van der Waals surface area contributed by atoms with Gasteiger partial charge in [-0.1, -0.05) is 0 Å². The second-order valence-corrected chi connectivity index (χ2v) is 3.16. The van der Waals surface area contributed by atoms with Crippen LogP contribution >= 0.6 is 0 Å². The number of nitrogen functional groups attached to an aromatic ring is 1. The van der Waals surface area contributed by atoms with Crippen molar-refractivity contribution >= 4 is 11.8 Å². The van der Waals surface area contributed by atoms with Crippen LogP contribution in [0.15, 0.2) is 6.20 Å². The molecule has 0 aliphatic carbocycles. The lowest BCUT2D eigenvalue weighted by Gasteiger charge is -2.07. The maximum Gasteiger partial charge on any atom is 0.308 e. The standard InChI is InChI=1S/C8H13N3O2/c1-5(2)11-8(9)6(4-10-11)3-7(12)13/h4-5H,3,9H2,1-2H3,(H,12,13). The van der Waals surface area contributed by atoms with Gasteiger partial charge in [0.25, 0.3) is 0 Å². The lowest BCUT2D eigenvalue weighted by atomic mass is 10.2. The highest BCUT2D eigenvalue weighted by Crippen LogP contribution is 2.16. The zero-order chi connectivity index (χ0) is 10.0. The molecule has 0 fully saturated rings. The topological polar surface area (TPSA) is 81.1 Å². The third-order valence-corrected chi connectivity index (χ3v) is 1.74. The molecule has 0 aromatic carbocycles. The summed E-state index contributed by atoms with van der Waals surface area (Å²) in [6, 6.07) is 0.155. The molecule has 0 atom stereocenters. The highest BCUT2D eigenvalue weighted by Gasteiger charge is 2.11. The van der Waals surface area contributed by atoms with Gasteiger partial charge >= 0.3 is 5.97 Å². The van der Waals surface area contributed by atoms with Crippen LogP contribution in [-0.4, -0.2) is 20.9 Å². The number of nitrogens with two attached hydrogens (primary N) is 1. The molecular formula is C8H13N3O2. The summed E-state index contributed by atoms with van der Waals surface area (Å²) >= 11 is 0. The van der Waals surface area contributed by atoms with E-state index in [4.69, 9.17) is 10.8 Å². The summed E-state index contributed by atoms with van der Waals surface area (Å²) in [6.07, 6.45) is 1.43. The molecule has 0 radical (unpaired) electrons. The van der Waals surface area contributed by atoms with E-state index in [0.717, 1.165) is 0 Å². The number of aromatic nitrogens is 2. The van der Waals surface area contributed by atoms with Crippen LogP contribution in [0.25, 0.3) is 0 Å². The maximum absolute atomic E-state index is 10.4. The van der Waals surface area contributed by atoms with E-state index in [0.29, 0.717) is 11.4 Å². The first-order valence-corrected chi connectivity index (χ1v) is 4.06. The molecule has 72 valence electrons. The zero-order valence-corrected chi connectivity index (χ0v) is 7.69. The first-order valence-electron chi connectivity index (χ1n) is 4.06. The minimum Gasteiger partial charge on any atom is -0.481 e. The molecule has 1 aromatic heterocycles. The van der Waals surface area contributed by atoms with Crippen molar-refractivity contribution in [2.45, 2.75) is 26.3 Å². The molecule has 3 N–H and O–H groups in total. The fourth-order valence-electron chi connectivity index (χ4n) is 1.12. The molecule has 0 aliphatic rings. The molecule has 0 unspecified atom stereocenters. The van der Waals surface area contributed by atoms with Gasteiger partial charge in [-0.3, -0.25) is 4.79 Å². The van der Waals surface area contributed by atoms with Crippen molar-refractivity contribution in [2.24, 2.45) is 0 Å². The Labute approximate surface area is 76.2 Å². The Morgan fingerprint density at radius 2 is 2.38 bits per heavy atom. The fourth-order valence-corrected chi connectivity index (χ4v) is 1.12. The predicted molar refractivity (Wildman–Crippen MR) is 48.4 cm³/mol. The van der Waals surface area contributed by atoms with Gasteiger partial charge in [0.05, 0.1) is 12.6 Å². The number of anilines is 1. The monoisotopic (exact) mass is 183 g/mol. The van der Waals surface area contributed by atoms with E-state index in [-0.39, 0.29) is 12.5 Å². The van der Waals surface area contributed by atoms with Crippen LogP contribution in [0, 0.1) is 0 Å². The van der Waals surface area contributed by atoms with Gasteiger partial charge < -0.3 is 10.8 Å². The normalized spacial score (nSPS) is 10.7. The number of carboxylic acid groups (broad SMARTS) is 1. The van der Waals surface area contributed by atoms with Gasteiger partial charge in [-0.15, -0.1) is 0 Å². The quantitative estimate of drug-likeness (QED) is 0.721. The maximum atomic E-state index is 10.4. The minimum absolute atomic E-state index is 0.0709. The first kappa shape index (κ1) is 9.57. The van der Waals surface area contributed by atoms with Crippen LogP contribution in [0.2, 0.25) is 0 Å². The van der Waals surface area contributed by atoms with E-state index in [1.807, 2.05) is 13.8 Å². The summed E-state index contributed by atoms with van der Waals surface area (Å²) < 4.78 is 1.61. The highest BCUT2D eigenvalue weighted by molar-refractivity contribution is 5.72. The number of carboxylic acids is 1. The van der Waals surface area contributed by atoms with Crippen LogP contribution in [0.5, 0.6) is 0 Å². The number of hydrogen-bond donors (Lipinski definition) is 2. The lowest BCUT2D eigenvalue weighted by molar-refractivity contribution is -0.136. The minimum atomic E-state index is -0.894. The van der Waals surface area contributed by atoms with E-state index in [1.165, 1.54) is 6.20 Å². The molecule has 1 rings (SSSR count). The van der Waals surface area contributed by atoms with Crippen molar-refractivity contribution in [1.82, 2.24) is 9.78 Å².